The van der Waals surface area contributed by atoms with E-state index in [9.17, 15) is 10.1 Å². The molecular formula is C17H18N2O2Sn. The first-order chi connectivity index (χ1) is 10.6. The number of hydrogen-bond acceptors (Lipinski definition) is 4. The van der Waals surface area contributed by atoms with Gasteiger partial charge in [0, 0.05) is 0 Å². The molecule has 22 heavy (non-hydrogen) atoms. The van der Waals surface area contributed by atoms with Gasteiger partial charge in [-0.25, -0.2) is 0 Å². The molecule has 0 bridgehead atoms. The van der Waals surface area contributed by atoms with Gasteiger partial charge in [0.25, 0.3) is 0 Å². The maximum atomic E-state index is 12.1. The number of ether oxygens (including phenoxy) is 1. The minimum absolute atomic E-state index is 0.101. The molecule has 1 aromatic carbocycles. The maximum absolute atomic E-state index is 12.1. The van der Waals surface area contributed by atoms with Crippen molar-refractivity contribution in [2.45, 2.75) is 32.4 Å². The Hall–Kier alpha value is -1.32. The van der Waals surface area contributed by atoms with E-state index in [0.29, 0.717) is 13.0 Å². The molecule has 2 radical (unpaired) electrons. The molecule has 0 aromatic heterocycles. The Morgan fingerprint density at radius 1 is 1.55 bits per heavy atom. The zero-order valence-electron chi connectivity index (χ0n) is 12.7. The Bertz CT molecular complexity index is 679. The van der Waals surface area contributed by atoms with E-state index in [4.69, 9.17) is 4.74 Å². The number of esters is 1. The second-order valence-electron chi connectivity index (χ2n) is 5.93. The molecule has 1 fully saturated rings. The van der Waals surface area contributed by atoms with Crippen LogP contribution in [-0.2, 0) is 9.53 Å². The fraction of sp³-hybridized carbons (Fsp3) is 0.412. The molecule has 3 rings (SSSR count). The summed E-state index contributed by atoms with van der Waals surface area (Å²) in [5.41, 5.74) is 1.88. The summed E-state index contributed by atoms with van der Waals surface area (Å²) in [4.78, 5) is 12.1. The molecule has 0 aliphatic carbocycles. The van der Waals surface area contributed by atoms with Gasteiger partial charge < -0.3 is 0 Å². The summed E-state index contributed by atoms with van der Waals surface area (Å²) in [5.74, 6) is -0.252. The van der Waals surface area contributed by atoms with Crippen molar-refractivity contribution in [3.8, 4) is 6.07 Å². The number of nitriles is 1. The van der Waals surface area contributed by atoms with Crippen molar-refractivity contribution < 1.29 is 9.53 Å². The molecule has 112 valence electrons. The second kappa shape index (κ2) is 6.05. The minimum atomic E-state index is -0.711. The molecule has 4 nitrogen and oxygen atoms in total. The SMILES string of the molecule is CCOC(=O)C1C[C@](C)(C#N)C(C2=[CH][Sn][c]3ccccc32)N1. The van der Waals surface area contributed by atoms with Crippen LogP contribution in [0.1, 0.15) is 25.8 Å². The molecule has 2 heterocycles. The number of carbonyl (C=O) groups is 1. The number of fused-ring (bicyclic) bond motifs is 1. The van der Waals surface area contributed by atoms with Crippen LogP contribution in [0, 0.1) is 16.7 Å². The summed E-state index contributed by atoms with van der Waals surface area (Å²) in [6.07, 6.45) is 0.498. The average molecular weight is 401 g/mol. The molecule has 2 unspecified atom stereocenters. The summed E-state index contributed by atoms with van der Waals surface area (Å²) in [6, 6.07) is 10.4. The predicted octanol–water partition coefficient (Wildman–Crippen LogP) is 1.19. The third kappa shape index (κ3) is 2.57. The fourth-order valence-corrected chi connectivity index (χ4v) is 6.71. The van der Waals surface area contributed by atoms with E-state index in [1.54, 1.807) is 6.92 Å². The van der Waals surface area contributed by atoms with Gasteiger partial charge in [-0.05, 0) is 0 Å². The molecule has 0 spiro atoms. The summed E-state index contributed by atoms with van der Waals surface area (Å²) >= 11 is -0.711. The first kappa shape index (κ1) is 15.6. The number of benzene rings is 1. The van der Waals surface area contributed by atoms with Crippen LogP contribution in [0.4, 0.5) is 0 Å². The Balaban J connectivity index is 1.90. The zero-order valence-corrected chi connectivity index (χ0v) is 15.6. The van der Waals surface area contributed by atoms with Gasteiger partial charge >= 0.3 is 141 Å². The van der Waals surface area contributed by atoms with Crippen LogP contribution in [0.25, 0.3) is 5.57 Å². The van der Waals surface area contributed by atoms with Crippen LogP contribution < -0.4 is 8.90 Å². The number of rotatable bonds is 3. The first-order valence-electron chi connectivity index (χ1n) is 7.49. The van der Waals surface area contributed by atoms with Crippen molar-refractivity contribution in [1.29, 1.82) is 5.26 Å². The Labute approximate surface area is 140 Å². The summed E-state index contributed by atoms with van der Waals surface area (Å²) in [5, 5.41) is 13.0. The van der Waals surface area contributed by atoms with Crippen LogP contribution in [0.3, 0.4) is 0 Å². The van der Waals surface area contributed by atoms with E-state index in [0.717, 1.165) is 0 Å². The van der Waals surface area contributed by atoms with Gasteiger partial charge in [0.2, 0.25) is 0 Å². The van der Waals surface area contributed by atoms with Crippen molar-refractivity contribution >= 4 is 36.3 Å². The van der Waals surface area contributed by atoms with Crippen molar-refractivity contribution in [3.05, 3.63) is 33.9 Å². The number of hydrogen-bond donors (Lipinski definition) is 1. The van der Waals surface area contributed by atoms with Gasteiger partial charge in [-0.2, -0.15) is 0 Å². The van der Waals surface area contributed by atoms with E-state index >= 15 is 0 Å². The van der Waals surface area contributed by atoms with Crippen LogP contribution in [-0.4, -0.2) is 45.8 Å². The fourth-order valence-electron chi connectivity index (χ4n) is 3.26. The van der Waals surface area contributed by atoms with Crippen LogP contribution >= 0.6 is 0 Å². The third-order valence-corrected chi connectivity index (χ3v) is 7.82. The summed E-state index contributed by atoms with van der Waals surface area (Å²) in [7, 11) is 0. The average Bonchev–Trinajstić information content (AvgIpc) is 3.09. The van der Waals surface area contributed by atoms with E-state index in [2.05, 4.69) is 33.7 Å². The molecule has 1 saturated heterocycles. The van der Waals surface area contributed by atoms with Crippen LogP contribution in [0.2, 0.25) is 0 Å². The number of carbonyl (C=O) groups excluding carboxylic acids is 1. The molecule has 2 aliphatic rings. The Morgan fingerprint density at radius 2 is 2.32 bits per heavy atom. The van der Waals surface area contributed by atoms with Crippen molar-refractivity contribution in [3.63, 3.8) is 0 Å². The summed E-state index contributed by atoms with van der Waals surface area (Å²) < 4.78 is 8.91. The van der Waals surface area contributed by atoms with Crippen molar-refractivity contribution in [2.24, 2.45) is 5.41 Å². The molecule has 2 aliphatic heterocycles. The quantitative estimate of drug-likeness (QED) is 0.611. The summed E-state index contributed by atoms with van der Waals surface area (Å²) in [6.45, 7) is 4.11. The van der Waals surface area contributed by atoms with E-state index in [-0.39, 0.29) is 12.0 Å². The van der Waals surface area contributed by atoms with Gasteiger partial charge in [-0.1, -0.05) is 0 Å². The Kier molecular flexibility index (Phi) is 4.28. The molecular weight excluding hydrogens is 383 g/mol. The first-order valence-corrected chi connectivity index (χ1v) is 10.6. The van der Waals surface area contributed by atoms with Gasteiger partial charge in [-0.15, -0.1) is 0 Å². The molecule has 1 N–H and O–H groups in total. The van der Waals surface area contributed by atoms with Crippen LogP contribution in [0.15, 0.2) is 28.4 Å². The van der Waals surface area contributed by atoms with Crippen molar-refractivity contribution in [2.75, 3.05) is 6.61 Å². The molecule has 3 atom stereocenters. The molecule has 0 saturated carbocycles. The Morgan fingerprint density at radius 3 is 3.05 bits per heavy atom. The van der Waals surface area contributed by atoms with E-state index in [1.807, 2.05) is 13.0 Å². The number of nitrogens with one attached hydrogen (secondary N) is 1. The zero-order chi connectivity index (χ0) is 15.7. The normalized spacial score (nSPS) is 29.6. The topological polar surface area (TPSA) is 62.1 Å². The van der Waals surface area contributed by atoms with E-state index < -0.39 is 32.6 Å². The van der Waals surface area contributed by atoms with Gasteiger partial charge in [0.05, 0.1) is 0 Å². The van der Waals surface area contributed by atoms with Crippen LogP contribution in [0.5, 0.6) is 0 Å². The molecule has 0 amide bonds. The second-order valence-corrected chi connectivity index (χ2v) is 9.11. The molecule has 5 heteroatoms. The van der Waals surface area contributed by atoms with E-state index in [1.165, 1.54) is 14.7 Å². The molecule has 1 aromatic rings. The van der Waals surface area contributed by atoms with Gasteiger partial charge in [0.1, 0.15) is 0 Å². The van der Waals surface area contributed by atoms with Crippen molar-refractivity contribution in [1.82, 2.24) is 5.32 Å². The predicted molar refractivity (Wildman–Crippen MR) is 85.5 cm³/mol. The monoisotopic (exact) mass is 402 g/mol. The standard InChI is InChI=1S/C17H18N2O2.Sn/c1-4-21-16(20)14-10-17(3,11-18)15(19-14)12(2)13-8-6-5-7-9-13;/h2,5-8,14-15,19H,4,10H2,1,3H3;/t14?,15?,17-;/m1./s1. The van der Waals surface area contributed by atoms with Gasteiger partial charge in [-0.3, -0.25) is 0 Å². The van der Waals surface area contributed by atoms with Gasteiger partial charge in [0.15, 0.2) is 0 Å². The third-order valence-electron chi connectivity index (χ3n) is 4.39. The number of nitrogens with zero attached hydrogens (tertiary/aromatic N) is 1.